The first-order valence-electron chi connectivity index (χ1n) is 11.1. The van der Waals surface area contributed by atoms with Gasteiger partial charge in [-0.2, -0.15) is 5.26 Å². The van der Waals surface area contributed by atoms with Crippen molar-refractivity contribution in [2.24, 2.45) is 0 Å². The van der Waals surface area contributed by atoms with Gasteiger partial charge in [-0.05, 0) is 43.5 Å². The lowest BCUT2D eigenvalue weighted by molar-refractivity contribution is -0.164. The summed E-state index contributed by atoms with van der Waals surface area (Å²) in [6, 6.07) is 5.17. The molecule has 1 aromatic carbocycles. The number of nitriles is 1. The van der Waals surface area contributed by atoms with Crippen LogP contribution in [0.25, 0.3) is 0 Å². The van der Waals surface area contributed by atoms with Gasteiger partial charge >= 0.3 is 0 Å². The molecular formula is C24H22F3N5O4. The first-order chi connectivity index (χ1) is 16.9. The molecule has 0 radical (unpaired) electrons. The predicted octanol–water partition coefficient (Wildman–Crippen LogP) is 2.22. The van der Waals surface area contributed by atoms with Crippen LogP contribution >= 0.6 is 0 Å². The molecule has 36 heavy (non-hydrogen) atoms. The Kier molecular flexibility index (Phi) is 6.12. The van der Waals surface area contributed by atoms with Crippen LogP contribution in [0.5, 0.6) is 0 Å². The number of ketones is 1. The molecule has 4 rings (SSSR count). The van der Waals surface area contributed by atoms with E-state index in [1.165, 1.54) is 26.1 Å². The number of halogens is 3. The van der Waals surface area contributed by atoms with Gasteiger partial charge in [-0.15, -0.1) is 0 Å². The van der Waals surface area contributed by atoms with Gasteiger partial charge in [0.2, 0.25) is 5.91 Å². The quantitative estimate of drug-likeness (QED) is 0.412. The second-order valence-corrected chi connectivity index (χ2v) is 8.97. The summed E-state index contributed by atoms with van der Waals surface area (Å²) in [6.45, 7) is 1.88. The number of Topliss-reactive ketones (excluding diaryl/α,β-unsaturated/α-hetero) is 1. The van der Waals surface area contributed by atoms with Gasteiger partial charge in [0, 0.05) is 37.8 Å². The van der Waals surface area contributed by atoms with E-state index in [4.69, 9.17) is 5.26 Å². The molecule has 0 atom stereocenters. The fourth-order valence-electron chi connectivity index (χ4n) is 4.96. The van der Waals surface area contributed by atoms with Crippen molar-refractivity contribution in [3.8, 4) is 6.07 Å². The number of amides is 3. The van der Waals surface area contributed by atoms with Gasteiger partial charge < -0.3 is 20.5 Å². The number of fused-ring (bicyclic) bond motifs is 1. The highest BCUT2D eigenvalue weighted by molar-refractivity contribution is 6.44. The van der Waals surface area contributed by atoms with Gasteiger partial charge in [0.15, 0.2) is 0 Å². The van der Waals surface area contributed by atoms with Gasteiger partial charge in [-0.1, -0.05) is 0 Å². The monoisotopic (exact) mass is 501 g/mol. The van der Waals surface area contributed by atoms with Gasteiger partial charge in [0.1, 0.15) is 23.1 Å². The standard InChI is InChI=1S/C24H22F3N5O4/c1-12-17(19(33)21(35)31-23(22(36)29-2)10-24(26,27)11-23)16-4-3-7-32(16)18(12)20(34)30-14-5-6-15(25)13(8-14)9-28/h5-6,8H,3-4,7,10-11H2,1-2H3,(H,29,36)(H,30,34)(H,31,35). The lowest BCUT2D eigenvalue weighted by atomic mass is 9.72. The van der Waals surface area contributed by atoms with Crippen LogP contribution in [0.4, 0.5) is 18.9 Å². The Morgan fingerprint density at radius 2 is 1.86 bits per heavy atom. The number of nitrogens with zero attached hydrogens (tertiary/aromatic N) is 2. The van der Waals surface area contributed by atoms with Crippen LogP contribution in [0.3, 0.4) is 0 Å². The van der Waals surface area contributed by atoms with Gasteiger partial charge in [-0.3, -0.25) is 19.2 Å². The molecule has 1 aliphatic heterocycles. The van der Waals surface area contributed by atoms with Crippen molar-refractivity contribution in [3.05, 3.63) is 52.1 Å². The number of carbonyl (C=O) groups is 4. The van der Waals surface area contributed by atoms with Crippen LogP contribution < -0.4 is 16.0 Å². The van der Waals surface area contributed by atoms with E-state index in [0.29, 0.717) is 25.1 Å². The number of carbonyl (C=O) groups excluding carboxylic acids is 4. The number of rotatable bonds is 6. The van der Waals surface area contributed by atoms with Crippen molar-refractivity contribution in [3.63, 3.8) is 0 Å². The maximum absolute atomic E-state index is 13.6. The van der Waals surface area contributed by atoms with Crippen molar-refractivity contribution >= 4 is 29.2 Å². The Bertz CT molecular complexity index is 1350. The van der Waals surface area contributed by atoms with E-state index in [2.05, 4.69) is 16.0 Å². The Balaban J connectivity index is 1.62. The molecule has 2 aromatic rings. The smallest absolute Gasteiger partial charge is 0.293 e. The minimum Gasteiger partial charge on any atom is -0.357 e. The molecule has 1 aliphatic carbocycles. The zero-order valence-electron chi connectivity index (χ0n) is 19.4. The summed E-state index contributed by atoms with van der Waals surface area (Å²) in [5.74, 6) is -7.61. The second kappa shape index (κ2) is 8.82. The topological polar surface area (TPSA) is 133 Å². The van der Waals surface area contributed by atoms with Gasteiger partial charge in [0.05, 0.1) is 11.1 Å². The maximum atomic E-state index is 13.6. The summed E-state index contributed by atoms with van der Waals surface area (Å²) in [5.41, 5.74) is -1.26. The lowest BCUT2D eigenvalue weighted by Crippen LogP contribution is -2.69. The molecule has 2 aliphatic rings. The Labute approximate surface area is 203 Å². The molecule has 2 heterocycles. The van der Waals surface area contributed by atoms with Crippen molar-refractivity contribution < 1.29 is 32.3 Å². The molecule has 0 unspecified atom stereocenters. The molecule has 1 aromatic heterocycles. The molecule has 3 N–H and O–H groups in total. The average molecular weight is 501 g/mol. The molecular weight excluding hydrogens is 479 g/mol. The molecule has 0 saturated heterocycles. The normalized spacial score (nSPS) is 16.8. The molecule has 0 spiro atoms. The highest BCUT2D eigenvalue weighted by Gasteiger charge is 2.62. The molecule has 12 heteroatoms. The molecule has 188 valence electrons. The maximum Gasteiger partial charge on any atom is 0.293 e. The van der Waals surface area contributed by atoms with E-state index in [1.807, 2.05) is 0 Å². The first kappa shape index (κ1) is 25.0. The minimum absolute atomic E-state index is 0.0230. The highest BCUT2D eigenvalue weighted by Crippen LogP contribution is 2.46. The van der Waals surface area contributed by atoms with Crippen LogP contribution in [-0.2, 0) is 22.6 Å². The zero-order chi connectivity index (χ0) is 26.4. The number of aromatic nitrogens is 1. The zero-order valence-corrected chi connectivity index (χ0v) is 19.4. The second-order valence-electron chi connectivity index (χ2n) is 8.97. The van der Waals surface area contributed by atoms with Crippen molar-refractivity contribution in [1.29, 1.82) is 5.26 Å². The lowest BCUT2D eigenvalue weighted by Gasteiger charge is -2.45. The van der Waals surface area contributed by atoms with E-state index < -0.39 is 53.6 Å². The van der Waals surface area contributed by atoms with Gasteiger partial charge in [0.25, 0.3) is 23.5 Å². The van der Waals surface area contributed by atoms with Crippen LogP contribution in [0.2, 0.25) is 0 Å². The summed E-state index contributed by atoms with van der Waals surface area (Å²) in [4.78, 5) is 51.4. The van der Waals surface area contributed by atoms with E-state index in [9.17, 15) is 32.3 Å². The first-order valence-corrected chi connectivity index (χ1v) is 11.1. The molecule has 9 nitrogen and oxygen atoms in total. The summed E-state index contributed by atoms with van der Waals surface area (Å²) < 4.78 is 42.4. The van der Waals surface area contributed by atoms with Crippen LogP contribution in [0, 0.1) is 24.1 Å². The fraction of sp³-hybridized carbons (Fsp3) is 0.375. The highest BCUT2D eigenvalue weighted by atomic mass is 19.3. The summed E-state index contributed by atoms with van der Waals surface area (Å²) in [5, 5.41) is 16.0. The number of hydrogen-bond donors (Lipinski definition) is 3. The predicted molar refractivity (Wildman–Crippen MR) is 120 cm³/mol. The van der Waals surface area contributed by atoms with Crippen molar-refractivity contribution in [2.75, 3.05) is 12.4 Å². The van der Waals surface area contributed by atoms with Crippen LogP contribution in [0.15, 0.2) is 18.2 Å². The Morgan fingerprint density at radius 1 is 1.17 bits per heavy atom. The molecule has 3 amide bonds. The van der Waals surface area contributed by atoms with Gasteiger partial charge in [-0.25, -0.2) is 13.2 Å². The minimum atomic E-state index is -3.15. The molecule has 0 bridgehead atoms. The van der Waals surface area contributed by atoms with E-state index >= 15 is 0 Å². The molecule has 1 saturated carbocycles. The third-order valence-electron chi connectivity index (χ3n) is 6.54. The third kappa shape index (κ3) is 4.10. The Morgan fingerprint density at radius 3 is 2.47 bits per heavy atom. The number of benzene rings is 1. The number of alkyl halides is 2. The van der Waals surface area contributed by atoms with Crippen molar-refractivity contribution in [2.45, 2.75) is 50.6 Å². The van der Waals surface area contributed by atoms with Crippen LogP contribution in [0.1, 0.15) is 56.9 Å². The number of likely N-dealkylation sites (N-methyl/N-ethyl adjacent to an activating group) is 1. The molecule has 1 fully saturated rings. The number of anilines is 1. The number of hydrogen-bond acceptors (Lipinski definition) is 5. The SMILES string of the molecule is CNC(=O)C1(NC(=O)C(=O)c2c(C)c(C(=O)Nc3ccc(F)c(C#N)c3)n3c2CCC3)CC(F)(F)C1. The van der Waals surface area contributed by atoms with E-state index in [0.717, 1.165) is 6.07 Å². The van der Waals surface area contributed by atoms with Crippen molar-refractivity contribution in [1.82, 2.24) is 15.2 Å². The Hall–Kier alpha value is -4.14. The van der Waals surface area contributed by atoms with E-state index in [1.54, 1.807) is 10.6 Å². The average Bonchev–Trinajstić information content (AvgIpc) is 3.37. The third-order valence-corrected chi connectivity index (χ3v) is 6.54. The largest absolute Gasteiger partial charge is 0.357 e. The number of nitrogens with one attached hydrogen (secondary N) is 3. The summed E-state index contributed by atoms with van der Waals surface area (Å²) in [7, 11) is 1.24. The fourth-order valence-corrected chi connectivity index (χ4v) is 4.96. The van der Waals surface area contributed by atoms with Crippen LogP contribution in [-0.4, -0.2) is 46.6 Å². The summed E-state index contributed by atoms with van der Waals surface area (Å²) in [6.07, 6.45) is -0.860. The van der Waals surface area contributed by atoms with E-state index in [-0.39, 0.29) is 28.1 Å². The summed E-state index contributed by atoms with van der Waals surface area (Å²) >= 11 is 0.